The van der Waals surface area contributed by atoms with Gasteiger partial charge in [0.25, 0.3) is 0 Å². The van der Waals surface area contributed by atoms with Crippen LogP contribution >= 0.6 is 0 Å². The van der Waals surface area contributed by atoms with Crippen LogP contribution in [0.15, 0.2) is 23.3 Å². The number of aliphatic hydroxyl groups excluding tert-OH is 1. The topological polar surface area (TPSA) is 20.2 Å². The first kappa shape index (κ1) is 14.4. The number of hydrogen-bond donors (Lipinski definition) is 1. The molecule has 1 N–H and O–H groups in total. The van der Waals surface area contributed by atoms with Gasteiger partial charge in [-0.3, -0.25) is 0 Å². The van der Waals surface area contributed by atoms with Gasteiger partial charge < -0.3 is 5.11 Å². The molecule has 1 nitrogen and oxygen atoms in total. The maximum Gasteiger partial charge on any atom is 0.0485 e. The molecule has 15 heavy (non-hydrogen) atoms. The summed E-state index contributed by atoms with van der Waals surface area (Å²) in [5, 5.41) is 9.12. The van der Waals surface area contributed by atoms with Gasteiger partial charge in [-0.2, -0.15) is 0 Å². The zero-order valence-corrected chi connectivity index (χ0v) is 10.9. The lowest BCUT2D eigenvalue weighted by Gasteiger charge is -2.19. The second-order valence-electron chi connectivity index (χ2n) is 5.40. The maximum atomic E-state index is 9.12. The van der Waals surface area contributed by atoms with Crippen molar-refractivity contribution in [2.24, 2.45) is 5.41 Å². The zero-order valence-electron chi connectivity index (χ0n) is 10.9. The molecule has 0 aromatic rings. The van der Waals surface area contributed by atoms with Crippen LogP contribution in [0, 0.1) is 5.41 Å². The molecular weight excluding hydrogens is 184 g/mol. The number of allylic oxidation sites excluding steroid dienone is 4. The molecule has 0 aliphatic heterocycles. The Kier molecular flexibility index (Phi) is 6.58. The van der Waals surface area contributed by atoms with E-state index in [4.69, 9.17) is 5.11 Å². The fourth-order valence-corrected chi connectivity index (χ4v) is 1.21. The van der Waals surface area contributed by atoms with Gasteiger partial charge in [-0.05, 0) is 45.4 Å². The minimum absolute atomic E-state index is 0.0256. The van der Waals surface area contributed by atoms with E-state index in [1.54, 1.807) is 0 Å². The van der Waals surface area contributed by atoms with Crippen LogP contribution in [-0.2, 0) is 0 Å². The predicted molar refractivity (Wildman–Crippen MR) is 67.9 cm³/mol. The summed E-state index contributed by atoms with van der Waals surface area (Å²) in [4.78, 5) is 0. The van der Waals surface area contributed by atoms with Gasteiger partial charge >= 0.3 is 0 Å². The van der Waals surface area contributed by atoms with Crippen LogP contribution in [0.25, 0.3) is 0 Å². The van der Waals surface area contributed by atoms with Gasteiger partial charge in [0.1, 0.15) is 0 Å². The average molecular weight is 210 g/mol. The third-order valence-corrected chi connectivity index (χ3v) is 2.52. The Morgan fingerprint density at radius 3 is 2.20 bits per heavy atom. The summed E-state index contributed by atoms with van der Waals surface area (Å²) in [7, 11) is 0. The minimum atomic E-state index is 0.0256. The van der Waals surface area contributed by atoms with E-state index in [0.29, 0.717) is 0 Å². The van der Waals surface area contributed by atoms with Crippen molar-refractivity contribution in [2.45, 2.75) is 53.9 Å². The van der Waals surface area contributed by atoms with Crippen molar-refractivity contribution in [1.82, 2.24) is 0 Å². The normalized spacial score (nSPS) is 12.8. The van der Waals surface area contributed by atoms with Crippen molar-refractivity contribution < 1.29 is 5.11 Å². The van der Waals surface area contributed by atoms with Crippen LogP contribution in [0.1, 0.15) is 53.9 Å². The van der Waals surface area contributed by atoms with E-state index < -0.39 is 0 Å². The van der Waals surface area contributed by atoms with Crippen molar-refractivity contribution in [3.63, 3.8) is 0 Å². The SMILES string of the molecule is CC(C)=CCC/C(C)=C\CC(C)(C)CO. The van der Waals surface area contributed by atoms with E-state index in [9.17, 15) is 0 Å². The smallest absolute Gasteiger partial charge is 0.0485 e. The lowest BCUT2D eigenvalue weighted by atomic mass is 9.89. The fourth-order valence-electron chi connectivity index (χ4n) is 1.21. The summed E-state index contributed by atoms with van der Waals surface area (Å²) in [6, 6.07) is 0. The van der Waals surface area contributed by atoms with Crippen molar-refractivity contribution in [1.29, 1.82) is 0 Å². The van der Waals surface area contributed by atoms with Gasteiger partial charge in [-0.1, -0.05) is 37.1 Å². The summed E-state index contributed by atoms with van der Waals surface area (Å²) >= 11 is 0. The van der Waals surface area contributed by atoms with Crippen molar-refractivity contribution in [3.8, 4) is 0 Å². The Morgan fingerprint density at radius 2 is 1.73 bits per heavy atom. The number of rotatable bonds is 6. The van der Waals surface area contributed by atoms with E-state index >= 15 is 0 Å². The van der Waals surface area contributed by atoms with Gasteiger partial charge in [0, 0.05) is 6.61 Å². The van der Waals surface area contributed by atoms with Gasteiger partial charge in [0.2, 0.25) is 0 Å². The Balaban J connectivity index is 3.95. The Bertz CT molecular complexity index is 230. The first-order valence-corrected chi connectivity index (χ1v) is 5.77. The van der Waals surface area contributed by atoms with E-state index in [1.807, 2.05) is 0 Å². The summed E-state index contributed by atoms with van der Waals surface area (Å²) in [6.45, 7) is 10.9. The quantitative estimate of drug-likeness (QED) is 0.655. The molecule has 88 valence electrons. The van der Waals surface area contributed by atoms with Crippen LogP contribution in [0.4, 0.5) is 0 Å². The maximum absolute atomic E-state index is 9.12. The number of aliphatic hydroxyl groups is 1. The molecule has 0 fully saturated rings. The van der Waals surface area contributed by atoms with Gasteiger partial charge in [0.15, 0.2) is 0 Å². The third kappa shape index (κ3) is 8.44. The zero-order chi connectivity index (χ0) is 11.9. The van der Waals surface area contributed by atoms with Crippen LogP contribution in [0.5, 0.6) is 0 Å². The largest absolute Gasteiger partial charge is 0.396 e. The molecule has 0 bridgehead atoms. The predicted octanol–water partition coefficient (Wildman–Crippen LogP) is 4.09. The second kappa shape index (κ2) is 6.84. The lowest BCUT2D eigenvalue weighted by Crippen LogP contribution is -2.15. The molecule has 0 aromatic carbocycles. The van der Waals surface area contributed by atoms with E-state index in [0.717, 1.165) is 19.3 Å². The summed E-state index contributed by atoms with van der Waals surface area (Å²) in [5.41, 5.74) is 2.84. The highest BCUT2D eigenvalue weighted by Gasteiger charge is 2.13. The van der Waals surface area contributed by atoms with E-state index in [1.165, 1.54) is 11.1 Å². The molecule has 0 spiro atoms. The molecule has 0 unspecified atom stereocenters. The molecule has 0 saturated heterocycles. The van der Waals surface area contributed by atoms with Crippen molar-refractivity contribution >= 4 is 0 Å². The molecule has 1 heteroatoms. The highest BCUT2D eigenvalue weighted by Crippen LogP contribution is 2.21. The molecule has 0 atom stereocenters. The Morgan fingerprint density at radius 1 is 1.13 bits per heavy atom. The highest BCUT2D eigenvalue weighted by molar-refractivity contribution is 5.03. The Labute approximate surface area is 94.9 Å². The molecular formula is C14H26O. The second-order valence-corrected chi connectivity index (χ2v) is 5.40. The van der Waals surface area contributed by atoms with Crippen LogP contribution in [-0.4, -0.2) is 11.7 Å². The minimum Gasteiger partial charge on any atom is -0.396 e. The summed E-state index contributed by atoms with van der Waals surface area (Å²) in [6.07, 6.45) is 7.75. The molecule has 0 radical (unpaired) electrons. The first-order chi connectivity index (χ1) is 6.87. The molecule has 0 aromatic heterocycles. The van der Waals surface area contributed by atoms with Gasteiger partial charge in [0.05, 0.1) is 0 Å². The molecule has 0 rings (SSSR count). The average Bonchev–Trinajstić information content (AvgIpc) is 2.14. The lowest BCUT2D eigenvalue weighted by molar-refractivity contribution is 0.162. The van der Waals surface area contributed by atoms with Crippen LogP contribution in [0.3, 0.4) is 0 Å². The first-order valence-electron chi connectivity index (χ1n) is 5.77. The highest BCUT2D eigenvalue weighted by atomic mass is 16.3. The van der Waals surface area contributed by atoms with Crippen LogP contribution < -0.4 is 0 Å². The summed E-state index contributed by atoms with van der Waals surface area (Å²) in [5.74, 6) is 0. The van der Waals surface area contributed by atoms with Crippen molar-refractivity contribution in [2.75, 3.05) is 6.61 Å². The molecule has 0 amide bonds. The summed E-state index contributed by atoms with van der Waals surface area (Å²) < 4.78 is 0. The molecule has 0 heterocycles. The third-order valence-electron chi connectivity index (χ3n) is 2.52. The number of hydrogen-bond acceptors (Lipinski definition) is 1. The Hall–Kier alpha value is -0.560. The fraction of sp³-hybridized carbons (Fsp3) is 0.714. The monoisotopic (exact) mass is 210 g/mol. The standard InChI is InChI=1S/C14H26O/c1-12(2)7-6-8-13(3)9-10-14(4,5)11-15/h7,9,15H,6,8,10-11H2,1-5H3/b13-9-. The van der Waals surface area contributed by atoms with Crippen LogP contribution in [0.2, 0.25) is 0 Å². The molecule has 0 aliphatic carbocycles. The van der Waals surface area contributed by atoms with Gasteiger partial charge in [-0.15, -0.1) is 0 Å². The van der Waals surface area contributed by atoms with E-state index in [2.05, 4.69) is 46.8 Å². The van der Waals surface area contributed by atoms with E-state index in [-0.39, 0.29) is 12.0 Å². The van der Waals surface area contributed by atoms with Gasteiger partial charge in [-0.25, -0.2) is 0 Å². The van der Waals surface area contributed by atoms with Crippen molar-refractivity contribution in [3.05, 3.63) is 23.3 Å². The molecule has 0 aliphatic rings. The molecule has 0 saturated carbocycles.